The predicted octanol–water partition coefficient (Wildman–Crippen LogP) is 1.95. The molecule has 1 aliphatic rings. The maximum Gasteiger partial charge on any atom is 0.124 e. The van der Waals surface area contributed by atoms with Gasteiger partial charge in [-0.3, -0.25) is 0 Å². The summed E-state index contributed by atoms with van der Waals surface area (Å²) in [6, 6.07) is 0. The number of alkyl halides is 1. The van der Waals surface area contributed by atoms with Gasteiger partial charge in [0.1, 0.15) is 6.17 Å². The molecule has 1 atom stereocenters. The first kappa shape index (κ1) is 7.61. The first-order valence-corrected chi connectivity index (χ1v) is 3.50. The van der Waals surface area contributed by atoms with E-state index in [0.29, 0.717) is 11.5 Å². The monoisotopic (exact) mass is 161 g/mol. The Morgan fingerprint density at radius 3 is 3.00 bits per heavy atom. The van der Waals surface area contributed by atoms with E-state index in [9.17, 15) is 4.39 Å². The maximum atomic E-state index is 12.6. The highest BCUT2D eigenvalue weighted by molar-refractivity contribution is 6.31. The summed E-state index contributed by atoms with van der Waals surface area (Å²) in [6.07, 6.45) is 2.53. The second-order valence-electron chi connectivity index (χ2n) is 2.16. The SMILES string of the molecule is CNC1=C(Cl)C=CC(F)C1. The molecule has 1 unspecified atom stereocenters. The average Bonchev–Trinajstić information content (AvgIpc) is 1.94. The third-order valence-corrected chi connectivity index (χ3v) is 1.79. The lowest BCUT2D eigenvalue weighted by Gasteiger charge is -2.13. The molecule has 1 nitrogen and oxygen atoms in total. The third kappa shape index (κ3) is 1.51. The quantitative estimate of drug-likeness (QED) is 0.620. The fraction of sp³-hybridized carbons (Fsp3) is 0.429. The van der Waals surface area contributed by atoms with E-state index >= 15 is 0 Å². The minimum atomic E-state index is -0.884. The lowest BCUT2D eigenvalue weighted by Crippen LogP contribution is -2.14. The Labute approximate surface area is 64.6 Å². The number of halogens is 2. The third-order valence-electron chi connectivity index (χ3n) is 1.44. The van der Waals surface area contributed by atoms with Gasteiger partial charge < -0.3 is 5.32 Å². The molecule has 0 bridgehead atoms. The molecular weight excluding hydrogens is 153 g/mol. The van der Waals surface area contributed by atoms with Crippen LogP contribution in [0.3, 0.4) is 0 Å². The molecule has 1 N–H and O–H groups in total. The zero-order valence-corrected chi connectivity index (χ0v) is 6.45. The molecule has 0 spiro atoms. The van der Waals surface area contributed by atoms with Crippen molar-refractivity contribution in [2.24, 2.45) is 0 Å². The van der Waals surface area contributed by atoms with Crippen LogP contribution in [0.1, 0.15) is 6.42 Å². The van der Waals surface area contributed by atoms with Crippen LogP contribution in [0.15, 0.2) is 22.9 Å². The van der Waals surface area contributed by atoms with Gasteiger partial charge in [-0.15, -0.1) is 0 Å². The van der Waals surface area contributed by atoms with Gasteiger partial charge in [0.05, 0.1) is 5.03 Å². The molecule has 0 aromatic rings. The van der Waals surface area contributed by atoms with Crippen LogP contribution < -0.4 is 5.32 Å². The van der Waals surface area contributed by atoms with Crippen LogP contribution in [0.5, 0.6) is 0 Å². The van der Waals surface area contributed by atoms with E-state index in [1.807, 2.05) is 0 Å². The molecule has 0 aliphatic heterocycles. The number of hydrogen-bond acceptors (Lipinski definition) is 1. The molecule has 56 valence electrons. The Balaban J connectivity index is 2.74. The van der Waals surface area contributed by atoms with Gasteiger partial charge in [-0.2, -0.15) is 0 Å². The van der Waals surface area contributed by atoms with Crippen molar-refractivity contribution in [1.29, 1.82) is 0 Å². The number of nitrogens with one attached hydrogen (secondary N) is 1. The number of hydrogen-bond donors (Lipinski definition) is 1. The van der Waals surface area contributed by atoms with E-state index in [2.05, 4.69) is 5.32 Å². The van der Waals surface area contributed by atoms with Crippen LogP contribution in [0.4, 0.5) is 4.39 Å². The van der Waals surface area contributed by atoms with E-state index in [1.54, 1.807) is 13.1 Å². The van der Waals surface area contributed by atoms with Crippen molar-refractivity contribution in [1.82, 2.24) is 5.32 Å². The normalized spacial score (nSPS) is 25.3. The van der Waals surface area contributed by atoms with E-state index in [4.69, 9.17) is 11.6 Å². The molecule has 3 heteroatoms. The zero-order valence-electron chi connectivity index (χ0n) is 5.70. The summed E-state index contributed by atoms with van der Waals surface area (Å²) in [5, 5.41) is 3.45. The highest BCUT2D eigenvalue weighted by Crippen LogP contribution is 2.21. The van der Waals surface area contributed by atoms with Gasteiger partial charge in [-0.1, -0.05) is 11.6 Å². The summed E-state index contributed by atoms with van der Waals surface area (Å²) < 4.78 is 12.6. The topological polar surface area (TPSA) is 12.0 Å². The van der Waals surface area contributed by atoms with Gasteiger partial charge in [0, 0.05) is 19.2 Å². The fourth-order valence-corrected chi connectivity index (χ4v) is 1.12. The number of rotatable bonds is 1. The summed E-state index contributed by atoms with van der Waals surface area (Å²) in [5.74, 6) is 0. The molecular formula is C7H9ClFN. The van der Waals surface area contributed by atoms with Crippen molar-refractivity contribution in [2.45, 2.75) is 12.6 Å². The number of allylic oxidation sites excluding steroid dienone is 4. The second-order valence-corrected chi connectivity index (χ2v) is 2.56. The lowest BCUT2D eigenvalue weighted by molar-refractivity contribution is 0.389. The van der Waals surface area contributed by atoms with Gasteiger partial charge in [0.2, 0.25) is 0 Å². The highest BCUT2D eigenvalue weighted by atomic mass is 35.5. The van der Waals surface area contributed by atoms with Crippen molar-refractivity contribution in [2.75, 3.05) is 7.05 Å². The largest absolute Gasteiger partial charge is 0.390 e. The molecule has 10 heavy (non-hydrogen) atoms. The van der Waals surface area contributed by atoms with Crippen molar-refractivity contribution in [3.63, 3.8) is 0 Å². The van der Waals surface area contributed by atoms with Crippen LogP contribution in [-0.4, -0.2) is 13.2 Å². The molecule has 0 radical (unpaired) electrons. The van der Waals surface area contributed by atoms with Gasteiger partial charge in [-0.05, 0) is 12.2 Å². The van der Waals surface area contributed by atoms with Crippen LogP contribution in [0, 0.1) is 0 Å². The van der Waals surface area contributed by atoms with Crippen molar-refractivity contribution >= 4 is 11.6 Å². The molecule has 0 saturated heterocycles. The smallest absolute Gasteiger partial charge is 0.124 e. The van der Waals surface area contributed by atoms with Crippen molar-refractivity contribution in [3.8, 4) is 0 Å². The summed E-state index contributed by atoms with van der Waals surface area (Å²) in [4.78, 5) is 0. The summed E-state index contributed by atoms with van der Waals surface area (Å²) in [7, 11) is 1.74. The van der Waals surface area contributed by atoms with Crippen LogP contribution in [-0.2, 0) is 0 Å². The summed E-state index contributed by atoms with van der Waals surface area (Å²) in [6.45, 7) is 0. The van der Waals surface area contributed by atoms with Crippen molar-refractivity contribution < 1.29 is 4.39 Å². The van der Waals surface area contributed by atoms with Crippen LogP contribution >= 0.6 is 11.6 Å². The Bertz CT molecular complexity index is 186. The standard InChI is InChI=1S/C7H9ClFN/c1-10-7-4-5(9)2-3-6(7)8/h2-3,5,10H,4H2,1H3. The highest BCUT2D eigenvalue weighted by Gasteiger charge is 2.12. The molecule has 0 aromatic heterocycles. The zero-order chi connectivity index (χ0) is 7.56. The Morgan fingerprint density at radius 2 is 2.50 bits per heavy atom. The average molecular weight is 162 g/mol. The fourth-order valence-electron chi connectivity index (χ4n) is 0.872. The molecule has 0 aromatic carbocycles. The minimum absolute atomic E-state index is 0.367. The Morgan fingerprint density at radius 1 is 1.80 bits per heavy atom. The molecule has 0 fully saturated rings. The van der Waals surface area contributed by atoms with Gasteiger partial charge in [0.15, 0.2) is 0 Å². The van der Waals surface area contributed by atoms with Gasteiger partial charge >= 0.3 is 0 Å². The van der Waals surface area contributed by atoms with Gasteiger partial charge in [0.25, 0.3) is 0 Å². The van der Waals surface area contributed by atoms with E-state index in [0.717, 1.165) is 5.70 Å². The minimum Gasteiger partial charge on any atom is -0.390 e. The first-order chi connectivity index (χ1) is 4.74. The molecule has 1 aliphatic carbocycles. The second kappa shape index (κ2) is 3.06. The Kier molecular flexibility index (Phi) is 2.33. The summed E-state index contributed by atoms with van der Waals surface area (Å²) >= 11 is 5.71. The van der Waals surface area contributed by atoms with Crippen LogP contribution in [0.25, 0.3) is 0 Å². The molecule has 0 heterocycles. The van der Waals surface area contributed by atoms with E-state index < -0.39 is 6.17 Å². The van der Waals surface area contributed by atoms with E-state index in [-0.39, 0.29) is 0 Å². The molecule has 0 saturated carbocycles. The predicted molar refractivity (Wildman–Crippen MR) is 40.6 cm³/mol. The first-order valence-electron chi connectivity index (χ1n) is 3.12. The lowest BCUT2D eigenvalue weighted by atomic mass is 10.1. The Hall–Kier alpha value is -0.500. The molecule has 0 amide bonds. The summed E-state index contributed by atoms with van der Waals surface area (Å²) in [5.41, 5.74) is 0.775. The van der Waals surface area contributed by atoms with Crippen molar-refractivity contribution in [3.05, 3.63) is 22.9 Å². The maximum absolute atomic E-state index is 12.6. The molecule has 1 rings (SSSR count). The van der Waals surface area contributed by atoms with Gasteiger partial charge in [-0.25, -0.2) is 4.39 Å². The van der Waals surface area contributed by atoms with Crippen LogP contribution in [0.2, 0.25) is 0 Å². The van der Waals surface area contributed by atoms with E-state index in [1.165, 1.54) is 6.08 Å².